The molecule has 2 amide bonds. The van der Waals surface area contributed by atoms with Gasteiger partial charge in [-0.15, -0.1) is 0 Å². The molecule has 4 aliphatic heterocycles. The average molecular weight is 503 g/mol. The number of aliphatic hydroxyl groups is 1. The molecule has 0 aliphatic carbocycles. The van der Waals surface area contributed by atoms with E-state index >= 15 is 0 Å². The Morgan fingerprint density at radius 3 is 2.56 bits per heavy atom. The first-order valence-corrected chi connectivity index (χ1v) is 13.8. The van der Waals surface area contributed by atoms with Gasteiger partial charge in [-0.25, -0.2) is 0 Å². The van der Waals surface area contributed by atoms with Crippen LogP contribution in [-0.2, 0) is 23.9 Å². The van der Waals surface area contributed by atoms with Gasteiger partial charge in [0.2, 0.25) is 11.8 Å². The van der Waals surface area contributed by atoms with Crippen molar-refractivity contribution in [1.82, 2.24) is 9.80 Å². The van der Waals surface area contributed by atoms with E-state index in [4.69, 9.17) is 9.47 Å². The van der Waals surface area contributed by atoms with E-state index in [1.54, 1.807) is 4.90 Å². The van der Waals surface area contributed by atoms with E-state index in [9.17, 15) is 19.5 Å². The van der Waals surface area contributed by atoms with E-state index < -0.39 is 41.1 Å². The van der Waals surface area contributed by atoms with Crippen molar-refractivity contribution in [3.8, 4) is 0 Å². The second-order valence-corrected chi connectivity index (χ2v) is 10.6. The van der Waals surface area contributed by atoms with Crippen molar-refractivity contribution >= 4 is 17.8 Å². The summed E-state index contributed by atoms with van der Waals surface area (Å²) in [5.41, 5.74) is -2.34. The first-order valence-electron chi connectivity index (χ1n) is 13.8. The third-order valence-corrected chi connectivity index (χ3v) is 8.51. The fraction of sp³-hybridized carbons (Fsp3) is 0.750. The van der Waals surface area contributed by atoms with Crippen molar-refractivity contribution < 1.29 is 29.0 Å². The van der Waals surface area contributed by atoms with Crippen LogP contribution in [0.4, 0.5) is 0 Å². The van der Waals surface area contributed by atoms with E-state index in [1.165, 1.54) is 4.90 Å². The van der Waals surface area contributed by atoms with Gasteiger partial charge in [0.15, 0.2) is 0 Å². The summed E-state index contributed by atoms with van der Waals surface area (Å²) in [4.78, 5) is 45.3. The number of fused-ring (bicyclic) bond motifs is 2. The van der Waals surface area contributed by atoms with Gasteiger partial charge in [-0.05, 0) is 38.5 Å². The number of carbonyl (C=O) groups excluding carboxylic acids is 3. The maximum Gasteiger partial charge on any atom is 0.313 e. The summed E-state index contributed by atoms with van der Waals surface area (Å²) in [6.07, 6.45) is 14.2. The fourth-order valence-corrected chi connectivity index (χ4v) is 6.58. The zero-order chi connectivity index (χ0) is 25.9. The van der Waals surface area contributed by atoms with Crippen molar-refractivity contribution in [3.63, 3.8) is 0 Å². The molecule has 0 aromatic carbocycles. The first kappa shape index (κ1) is 26.9. The number of hydrogen-bond acceptors (Lipinski definition) is 6. The number of allylic oxidation sites excluding steroid dienone is 1. The summed E-state index contributed by atoms with van der Waals surface area (Å²) in [5.74, 6) is -2.68. The van der Waals surface area contributed by atoms with Gasteiger partial charge in [-0.2, -0.15) is 0 Å². The summed E-state index contributed by atoms with van der Waals surface area (Å²) in [5, 5.41) is 10.2. The second kappa shape index (κ2) is 11.1. The Kier molecular flexibility index (Phi) is 8.25. The van der Waals surface area contributed by atoms with Gasteiger partial charge < -0.3 is 24.4 Å². The summed E-state index contributed by atoms with van der Waals surface area (Å²) in [7, 11) is 0. The molecule has 200 valence electrons. The third-order valence-electron chi connectivity index (χ3n) is 8.51. The topological polar surface area (TPSA) is 96.4 Å². The minimum absolute atomic E-state index is 0.175. The summed E-state index contributed by atoms with van der Waals surface area (Å²) in [6.45, 7) is 7.03. The van der Waals surface area contributed by atoms with Crippen LogP contribution in [0, 0.1) is 11.8 Å². The van der Waals surface area contributed by atoms with Gasteiger partial charge in [-0.1, -0.05) is 57.9 Å². The minimum Gasteiger partial charge on any atom is -0.465 e. The normalized spacial score (nSPS) is 36.1. The SMILES string of the molecule is CCCCCN1CC=C[C@]23O[C@@]4(CC)/C=C\CCCCOC(=O)[C@H]4[C@H]2C(=O)N([C@@H](CC)CO)C3C1=O. The molecule has 0 bridgehead atoms. The Hall–Kier alpha value is -2.19. The minimum atomic E-state index is -1.30. The molecule has 0 radical (unpaired) electrons. The third kappa shape index (κ3) is 4.30. The molecule has 6 atom stereocenters. The molecule has 2 saturated heterocycles. The van der Waals surface area contributed by atoms with Crippen LogP contribution in [-0.4, -0.2) is 82.3 Å². The van der Waals surface area contributed by atoms with Gasteiger partial charge in [0, 0.05) is 13.1 Å². The predicted molar refractivity (Wildman–Crippen MR) is 135 cm³/mol. The highest BCUT2D eigenvalue weighted by molar-refractivity contribution is 5.99. The molecule has 1 spiro atoms. The molecule has 8 nitrogen and oxygen atoms in total. The number of carbonyl (C=O) groups is 3. The van der Waals surface area contributed by atoms with Gasteiger partial charge in [0.25, 0.3) is 0 Å². The number of unbranched alkanes of at least 4 members (excludes halogenated alkanes) is 2. The predicted octanol–water partition coefficient (Wildman–Crippen LogP) is 2.99. The largest absolute Gasteiger partial charge is 0.465 e. The number of aliphatic hydroxyl groups excluding tert-OH is 1. The van der Waals surface area contributed by atoms with E-state index in [0.717, 1.165) is 38.5 Å². The zero-order valence-corrected chi connectivity index (χ0v) is 22.0. The van der Waals surface area contributed by atoms with Crippen LogP contribution < -0.4 is 0 Å². The van der Waals surface area contributed by atoms with Crippen LogP contribution in [0.1, 0.15) is 72.1 Å². The molecule has 4 rings (SSSR count). The molecule has 4 heterocycles. The van der Waals surface area contributed by atoms with Gasteiger partial charge >= 0.3 is 5.97 Å². The molecule has 4 aliphatic rings. The number of amides is 2. The number of likely N-dealkylation sites (tertiary alicyclic amines) is 1. The standard InChI is InChI=1S/C28H42N2O6/c1-4-7-11-16-29-17-13-15-28-21(24(32)30(20(5-2)19-31)23(28)25(29)33)22-26(34)35-18-12-9-8-10-14-27(22,6-3)36-28/h10,13-15,20-23,31H,4-9,11-12,16-19H2,1-3H3/b14-10-/t20-,21-,22+,23?,27-,28-/m0/s1. The zero-order valence-electron chi connectivity index (χ0n) is 22.0. The van der Waals surface area contributed by atoms with Crippen LogP contribution in [0.15, 0.2) is 24.3 Å². The Labute approximate surface area is 214 Å². The van der Waals surface area contributed by atoms with Crippen molar-refractivity contribution in [2.75, 3.05) is 26.3 Å². The summed E-state index contributed by atoms with van der Waals surface area (Å²) in [6, 6.07) is -1.47. The lowest BCUT2D eigenvalue weighted by Crippen LogP contribution is -2.58. The van der Waals surface area contributed by atoms with Crippen molar-refractivity contribution in [2.24, 2.45) is 11.8 Å². The van der Waals surface area contributed by atoms with E-state index in [0.29, 0.717) is 32.5 Å². The fourth-order valence-electron chi connectivity index (χ4n) is 6.58. The Balaban J connectivity index is 1.85. The van der Waals surface area contributed by atoms with E-state index in [1.807, 2.05) is 38.2 Å². The number of cyclic esters (lactones) is 1. The van der Waals surface area contributed by atoms with E-state index in [2.05, 4.69) is 6.92 Å². The van der Waals surface area contributed by atoms with Gasteiger partial charge in [-0.3, -0.25) is 14.4 Å². The van der Waals surface area contributed by atoms with Gasteiger partial charge in [0.05, 0.1) is 25.2 Å². The molecule has 1 N–H and O–H groups in total. The molecule has 8 heteroatoms. The highest BCUT2D eigenvalue weighted by Crippen LogP contribution is 2.58. The Morgan fingerprint density at radius 1 is 1.06 bits per heavy atom. The maximum absolute atomic E-state index is 14.2. The molecule has 2 fully saturated rings. The van der Waals surface area contributed by atoms with Crippen LogP contribution in [0.2, 0.25) is 0 Å². The lowest BCUT2D eigenvalue weighted by molar-refractivity contribution is -0.163. The quantitative estimate of drug-likeness (QED) is 0.311. The summed E-state index contributed by atoms with van der Waals surface area (Å²) < 4.78 is 12.6. The first-order chi connectivity index (χ1) is 17.4. The highest BCUT2D eigenvalue weighted by Gasteiger charge is 2.75. The number of ether oxygens (including phenoxy) is 2. The lowest BCUT2D eigenvalue weighted by Gasteiger charge is -2.40. The Morgan fingerprint density at radius 2 is 1.86 bits per heavy atom. The average Bonchev–Trinajstić information content (AvgIpc) is 3.24. The summed E-state index contributed by atoms with van der Waals surface area (Å²) >= 11 is 0. The number of hydrogen-bond donors (Lipinski definition) is 1. The van der Waals surface area contributed by atoms with Gasteiger partial charge in [0.1, 0.15) is 23.2 Å². The monoisotopic (exact) mass is 502 g/mol. The Bertz CT molecular complexity index is 898. The molecule has 0 aromatic rings. The molecule has 0 aromatic heterocycles. The van der Waals surface area contributed by atoms with Crippen LogP contribution in [0.25, 0.3) is 0 Å². The molecule has 1 unspecified atom stereocenters. The number of rotatable bonds is 8. The molecular weight excluding hydrogens is 460 g/mol. The lowest BCUT2D eigenvalue weighted by atomic mass is 9.73. The molecule has 0 saturated carbocycles. The van der Waals surface area contributed by atoms with Crippen LogP contribution in [0.3, 0.4) is 0 Å². The highest BCUT2D eigenvalue weighted by atomic mass is 16.6. The van der Waals surface area contributed by atoms with Crippen LogP contribution >= 0.6 is 0 Å². The van der Waals surface area contributed by atoms with Crippen molar-refractivity contribution in [2.45, 2.75) is 95.4 Å². The smallest absolute Gasteiger partial charge is 0.313 e. The number of nitrogens with zero attached hydrogens (tertiary/aromatic N) is 2. The van der Waals surface area contributed by atoms with E-state index in [-0.39, 0.29) is 18.4 Å². The maximum atomic E-state index is 14.2. The van der Waals surface area contributed by atoms with Crippen LogP contribution in [0.5, 0.6) is 0 Å². The van der Waals surface area contributed by atoms with Crippen molar-refractivity contribution in [3.05, 3.63) is 24.3 Å². The van der Waals surface area contributed by atoms with Crippen molar-refractivity contribution in [1.29, 1.82) is 0 Å². The molecule has 36 heavy (non-hydrogen) atoms. The molecular formula is C28H42N2O6. The number of esters is 1. The second-order valence-electron chi connectivity index (χ2n) is 10.6.